The molecule has 0 saturated heterocycles. The Hall–Kier alpha value is -2.85. The van der Waals surface area contributed by atoms with Gasteiger partial charge in [0.15, 0.2) is 16.8 Å². The maximum Gasteiger partial charge on any atom is 0.416 e. The first-order valence-corrected chi connectivity index (χ1v) is 10.9. The second-order valence-corrected chi connectivity index (χ2v) is 8.55. The Morgan fingerprint density at radius 3 is 2.59 bits per heavy atom. The number of nitrogens with zero attached hydrogens (tertiary/aromatic N) is 5. The van der Waals surface area contributed by atoms with Gasteiger partial charge >= 0.3 is 6.18 Å². The van der Waals surface area contributed by atoms with E-state index in [0.717, 1.165) is 12.1 Å². The second kappa shape index (κ2) is 8.95. The summed E-state index contributed by atoms with van der Waals surface area (Å²) in [4.78, 5) is 4.33. The molecule has 4 rings (SSSR count). The van der Waals surface area contributed by atoms with Gasteiger partial charge in [-0.3, -0.25) is 4.57 Å². The fraction of sp³-hybridized carbons (Fsp3) is 0.238. The van der Waals surface area contributed by atoms with Gasteiger partial charge in [0.25, 0.3) is 0 Å². The minimum absolute atomic E-state index is 0.259. The number of hydrogen-bond donors (Lipinski definition) is 0. The van der Waals surface area contributed by atoms with Crippen molar-refractivity contribution in [3.05, 3.63) is 70.8 Å². The van der Waals surface area contributed by atoms with Crippen LogP contribution in [0.25, 0.3) is 17.1 Å². The number of hydrogen-bond acceptors (Lipinski definition) is 6. The smallest absolute Gasteiger partial charge is 0.338 e. The first-order valence-electron chi connectivity index (χ1n) is 9.65. The summed E-state index contributed by atoms with van der Waals surface area (Å²) in [6.07, 6.45) is -3.87. The summed E-state index contributed by atoms with van der Waals surface area (Å²) in [5.41, 5.74) is 0.0288. The first-order chi connectivity index (χ1) is 15.3. The highest BCUT2D eigenvalue weighted by molar-refractivity contribution is 7.99. The van der Waals surface area contributed by atoms with Crippen molar-refractivity contribution in [3.8, 4) is 17.1 Å². The van der Waals surface area contributed by atoms with E-state index in [9.17, 15) is 13.2 Å². The molecule has 0 spiro atoms. The van der Waals surface area contributed by atoms with Crippen LogP contribution < -0.4 is 0 Å². The number of aryl methyl sites for hydroxylation is 1. The van der Waals surface area contributed by atoms with Crippen LogP contribution in [-0.2, 0) is 12.6 Å². The predicted molar refractivity (Wildman–Crippen MR) is 115 cm³/mol. The zero-order chi connectivity index (χ0) is 22.9. The number of halogens is 4. The van der Waals surface area contributed by atoms with Crippen molar-refractivity contribution < 1.29 is 17.7 Å². The molecular weight excluding hydrogens is 463 g/mol. The summed E-state index contributed by atoms with van der Waals surface area (Å²) in [7, 11) is 0. The Morgan fingerprint density at radius 2 is 1.91 bits per heavy atom. The third-order valence-corrected chi connectivity index (χ3v) is 5.97. The maximum atomic E-state index is 13.4. The van der Waals surface area contributed by atoms with Crippen LogP contribution in [0.1, 0.15) is 36.4 Å². The van der Waals surface area contributed by atoms with Gasteiger partial charge in [0.1, 0.15) is 0 Å². The Balaban J connectivity index is 1.82. The Labute approximate surface area is 190 Å². The molecule has 0 aliphatic carbocycles. The second-order valence-electron chi connectivity index (χ2n) is 6.83. The lowest BCUT2D eigenvalue weighted by Crippen LogP contribution is -2.07. The van der Waals surface area contributed by atoms with Gasteiger partial charge in [-0.1, -0.05) is 53.6 Å². The van der Waals surface area contributed by atoms with E-state index in [-0.39, 0.29) is 10.9 Å². The molecule has 4 aromatic rings. The van der Waals surface area contributed by atoms with Gasteiger partial charge in [0, 0.05) is 12.0 Å². The van der Waals surface area contributed by atoms with Gasteiger partial charge < -0.3 is 4.52 Å². The normalized spacial score (nSPS) is 12.8. The summed E-state index contributed by atoms with van der Waals surface area (Å²) >= 11 is 7.60. The monoisotopic (exact) mass is 479 g/mol. The molecule has 1 atom stereocenters. The van der Waals surface area contributed by atoms with Gasteiger partial charge in [-0.15, -0.1) is 10.2 Å². The molecule has 0 radical (unpaired) electrons. The fourth-order valence-corrected chi connectivity index (χ4v) is 4.12. The first kappa shape index (κ1) is 22.3. The minimum Gasteiger partial charge on any atom is -0.338 e. The van der Waals surface area contributed by atoms with Crippen molar-refractivity contribution in [1.29, 1.82) is 0 Å². The molecule has 166 valence electrons. The third-order valence-electron chi connectivity index (χ3n) is 4.61. The lowest BCUT2D eigenvalue weighted by molar-refractivity contribution is -0.137. The van der Waals surface area contributed by atoms with Crippen molar-refractivity contribution in [2.45, 2.75) is 36.9 Å². The summed E-state index contributed by atoms with van der Waals surface area (Å²) in [5.74, 6) is 1.29. The number of alkyl halides is 3. The average molecular weight is 480 g/mol. The Kier molecular flexibility index (Phi) is 6.25. The van der Waals surface area contributed by atoms with Crippen LogP contribution in [0.5, 0.6) is 0 Å². The van der Waals surface area contributed by atoms with Crippen LogP contribution in [-0.4, -0.2) is 24.9 Å². The van der Waals surface area contributed by atoms with E-state index in [4.69, 9.17) is 16.1 Å². The van der Waals surface area contributed by atoms with Gasteiger partial charge in [-0.05, 0) is 37.3 Å². The maximum absolute atomic E-state index is 13.4. The van der Waals surface area contributed by atoms with Gasteiger partial charge in [-0.25, -0.2) is 0 Å². The SMILES string of the molecule is CCc1noc(C(C)Sc2nnc(-c3ccccc3Cl)n2-c2cccc(C(F)(F)F)c2)n1. The Morgan fingerprint density at radius 1 is 1.12 bits per heavy atom. The molecular formula is C21H17ClF3N5OS. The zero-order valence-electron chi connectivity index (χ0n) is 17.0. The lowest BCUT2D eigenvalue weighted by Gasteiger charge is -2.14. The highest BCUT2D eigenvalue weighted by Crippen LogP contribution is 2.38. The molecule has 0 aliphatic rings. The van der Waals surface area contributed by atoms with Gasteiger partial charge in [0.05, 0.1) is 21.5 Å². The molecule has 2 heterocycles. The highest BCUT2D eigenvalue weighted by atomic mass is 35.5. The Bertz CT molecular complexity index is 1240. The highest BCUT2D eigenvalue weighted by Gasteiger charge is 2.31. The van der Waals surface area contributed by atoms with Gasteiger partial charge in [-0.2, -0.15) is 18.2 Å². The summed E-state index contributed by atoms with van der Waals surface area (Å²) in [5, 5.41) is 12.8. The standard InChI is InChI=1S/C21H17ClF3N5OS/c1-3-17-26-19(31-29-17)12(2)32-20-28-27-18(15-9-4-5-10-16(15)22)30(20)14-8-6-7-13(11-14)21(23,24)25/h4-12H,3H2,1-2H3. The largest absolute Gasteiger partial charge is 0.416 e. The number of aromatic nitrogens is 5. The summed E-state index contributed by atoms with van der Waals surface area (Å²) in [6, 6.07) is 11.9. The molecule has 0 N–H and O–H groups in total. The number of rotatable bonds is 6. The number of thioether (sulfide) groups is 1. The number of benzene rings is 2. The predicted octanol–water partition coefficient (Wildman–Crippen LogP) is 6.41. The summed E-state index contributed by atoms with van der Waals surface area (Å²) < 4.78 is 47.0. The van der Waals surface area contributed by atoms with E-state index in [1.807, 2.05) is 13.8 Å². The zero-order valence-corrected chi connectivity index (χ0v) is 18.5. The van der Waals surface area contributed by atoms with Crippen LogP contribution in [0.15, 0.2) is 58.2 Å². The molecule has 0 saturated carbocycles. The van der Waals surface area contributed by atoms with Crippen LogP contribution in [0.4, 0.5) is 13.2 Å². The van der Waals surface area contributed by atoms with Crippen LogP contribution in [0, 0.1) is 0 Å². The van der Waals surface area contributed by atoms with E-state index < -0.39 is 11.7 Å². The molecule has 2 aromatic carbocycles. The topological polar surface area (TPSA) is 69.6 Å². The van der Waals surface area contributed by atoms with E-state index in [2.05, 4.69) is 20.3 Å². The molecule has 6 nitrogen and oxygen atoms in total. The van der Waals surface area contributed by atoms with Crippen LogP contribution >= 0.6 is 23.4 Å². The molecule has 1 unspecified atom stereocenters. The van der Waals surface area contributed by atoms with Crippen molar-refractivity contribution in [3.63, 3.8) is 0 Å². The quantitative estimate of drug-likeness (QED) is 0.298. The summed E-state index contributed by atoms with van der Waals surface area (Å²) in [6.45, 7) is 3.75. The van der Waals surface area contributed by atoms with Crippen molar-refractivity contribution in [2.75, 3.05) is 0 Å². The molecule has 11 heteroatoms. The molecule has 0 amide bonds. The minimum atomic E-state index is -4.49. The van der Waals surface area contributed by atoms with E-state index in [1.165, 1.54) is 17.8 Å². The molecule has 32 heavy (non-hydrogen) atoms. The fourth-order valence-electron chi connectivity index (χ4n) is 3.00. The van der Waals surface area contributed by atoms with Crippen molar-refractivity contribution in [1.82, 2.24) is 24.9 Å². The van der Waals surface area contributed by atoms with E-state index in [1.54, 1.807) is 34.9 Å². The van der Waals surface area contributed by atoms with Crippen molar-refractivity contribution >= 4 is 23.4 Å². The lowest BCUT2D eigenvalue weighted by atomic mass is 10.1. The molecule has 0 bridgehead atoms. The molecule has 0 aliphatic heterocycles. The molecule has 2 aromatic heterocycles. The van der Waals surface area contributed by atoms with Crippen LogP contribution in [0.3, 0.4) is 0 Å². The van der Waals surface area contributed by atoms with E-state index in [0.29, 0.717) is 39.7 Å². The average Bonchev–Trinajstić information content (AvgIpc) is 3.41. The van der Waals surface area contributed by atoms with Crippen molar-refractivity contribution in [2.24, 2.45) is 0 Å². The third kappa shape index (κ3) is 4.51. The van der Waals surface area contributed by atoms with Gasteiger partial charge in [0.2, 0.25) is 5.89 Å². The van der Waals surface area contributed by atoms with Crippen LogP contribution in [0.2, 0.25) is 5.02 Å². The molecule has 0 fully saturated rings. The van der Waals surface area contributed by atoms with E-state index >= 15 is 0 Å².